The van der Waals surface area contributed by atoms with Crippen molar-refractivity contribution in [3.63, 3.8) is 0 Å². The first-order valence-corrected chi connectivity index (χ1v) is 11.3. The van der Waals surface area contributed by atoms with Crippen LogP contribution in [0, 0.1) is 29.1 Å². The first kappa shape index (κ1) is 21.1. The second kappa shape index (κ2) is 6.94. The van der Waals surface area contributed by atoms with E-state index >= 15 is 0 Å². The molecule has 8 unspecified atom stereocenters. The van der Waals surface area contributed by atoms with E-state index in [9.17, 15) is 9.59 Å². The summed E-state index contributed by atoms with van der Waals surface area (Å²) in [6.45, 7) is 13.9. The van der Waals surface area contributed by atoms with Crippen molar-refractivity contribution in [2.75, 3.05) is 13.1 Å². The van der Waals surface area contributed by atoms with Crippen LogP contribution in [0.5, 0.6) is 0 Å². The first-order chi connectivity index (χ1) is 13.4. The van der Waals surface area contributed by atoms with Crippen LogP contribution in [0.25, 0.3) is 0 Å². The number of epoxide rings is 2. The fourth-order valence-electron chi connectivity index (χ4n) is 5.73. The molecule has 2 aliphatic carbocycles. The van der Waals surface area contributed by atoms with Crippen LogP contribution in [0.15, 0.2) is 0 Å². The third-order valence-corrected chi connectivity index (χ3v) is 7.99. The number of carbonyl (C=O) groups excluding carboxylic acids is 2. The lowest BCUT2D eigenvalue weighted by molar-refractivity contribution is -0.128. The zero-order valence-corrected chi connectivity index (χ0v) is 18.8. The van der Waals surface area contributed by atoms with Gasteiger partial charge in [-0.1, -0.05) is 27.7 Å². The van der Waals surface area contributed by atoms with Gasteiger partial charge in [0.05, 0.1) is 23.4 Å². The van der Waals surface area contributed by atoms with Gasteiger partial charge in [0.15, 0.2) is 0 Å². The number of rotatable bonds is 6. The van der Waals surface area contributed by atoms with Gasteiger partial charge in [-0.05, 0) is 56.8 Å². The molecule has 2 heterocycles. The summed E-state index contributed by atoms with van der Waals surface area (Å²) in [6, 6.07) is 0. The van der Waals surface area contributed by atoms with Crippen LogP contribution >= 0.6 is 0 Å². The Hall–Kier alpha value is -1.14. The van der Waals surface area contributed by atoms with Gasteiger partial charge in [-0.25, -0.2) is 0 Å². The van der Waals surface area contributed by atoms with Gasteiger partial charge in [-0.3, -0.25) is 9.59 Å². The zero-order chi connectivity index (χ0) is 21.2. The predicted octanol–water partition coefficient (Wildman–Crippen LogP) is 2.65. The number of ether oxygens (including phenoxy) is 2. The Morgan fingerprint density at radius 3 is 1.62 bits per heavy atom. The average Bonchev–Trinajstić information content (AvgIpc) is 3.48. The molecule has 8 atom stereocenters. The summed E-state index contributed by atoms with van der Waals surface area (Å²) in [5.41, 5.74) is -0.172. The fraction of sp³-hybridized carbons (Fsp3) is 0.913. The van der Waals surface area contributed by atoms with E-state index in [1.165, 1.54) is 0 Å². The van der Waals surface area contributed by atoms with E-state index in [1.54, 1.807) is 0 Å². The average molecular weight is 407 g/mol. The molecule has 4 fully saturated rings. The SMILES string of the molecule is CC1CC2(C)OC2CC1C(=O)NCC(C)(C)CNC(=O)C1CC2OC2(C)CC1C. The molecule has 0 aromatic heterocycles. The molecule has 4 aliphatic rings. The summed E-state index contributed by atoms with van der Waals surface area (Å²) in [6.07, 6.45) is 4.05. The molecule has 2 saturated heterocycles. The lowest BCUT2D eigenvalue weighted by atomic mass is 9.75. The molecule has 2 aliphatic heterocycles. The molecule has 2 saturated carbocycles. The first-order valence-electron chi connectivity index (χ1n) is 11.3. The predicted molar refractivity (Wildman–Crippen MR) is 110 cm³/mol. The second-order valence-corrected chi connectivity index (χ2v) is 11.5. The topological polar surface area (TPSA) is 83.3 Å². The molecule has 164 valence electrons. The second-order valence-electron chi connectivity index (χ2n) is 11.5. The summed E-state index contributed by atoms with van der Waals surface area (Å²) >= 11 is 0. The van der Waals surface area contributed by atoms with Crippen molar-refractivity contribution in [1.29, 1.82) is 0 Å². The van der Waals surface area contributed by atoms with Gasteiger partial charge in [-0.2, -0.15) is 0 Å². The monoisotopic (exact) mass is 406 g/mol. The number of hydrogen-bond donors (Lipinski definition) is 2. The van der Waals surface area contributed by atoms with Crippen LogP contribution < -0.4 is 10.6 Å². The van der Waals surface area contributed by atoms with Gasteiger partial charge in [0, 0.05) is 24.9 Å². The van der Waals surface area contributed by atoms with Crippen molar-refractivity contribution in [2.45, 2.75) is 90.6 Å². The van der Waals surface area contributed by atoms with Gasteiger partial charge in [0.1, 0.15) is 0 Å². The minimum Gasteiger partial charge on any atom is -0.366 e. The number of nitrogens with one attached hydrogen (secondary N) is 2. The maximum atomic E-state index is 12.8. The van der Waals surface area contributed by atoms with E-state index in [4.69, 9.17) is 9.47 Å². The largest absolute Gasteiger partial charge is 0.366 e. The molecule has 2 N–H and O–H groups in total. The molecular weight excluding hydrogens is 368 g/mol. The number of carbonyl (C=O) groups is 2. The molecule has 0 aromatic carbocycles. The molecule has 0 radical (unpaired) electrons. The zero-order valence-electron chi connectivity index (χ0n) is 18.8. The van der Waals surface area contributed by atoms with E-state index in [-0.39, 0.29) is 52.5 Å². The molecule has 29 heavy (non-hydrogen) atoms. The van der Waals surface area contributed by atoms with Gasteiger partial charge in [0.2, 0.25) is 11.8 Å². The van der Waals surface area contributed by atoms with Crippen LogP contribution in [0.4, 0.5) is 0 Å². The van der Waals surface area contributed by atoms with E-state index in [0.717, 1.165) is 25.7 Å². The third kappa shape index (κ3) is 4.20. The molecule has 6 heteroatoms. The molecule has 4 rings (SSSR count). The number of fused-ring (bicyclic) bond motifs is 2. The maximum Gasteiger partial charge on any atom is 0.223 e. The highest BCUT2D eigenvalue weighted by Gasteiger charge is 2.59. The van der Waals surface area contributed by atoms with Crippen LogP contribution in [0.1, 0.15) is 67.2 Å². The summed E-state index contributed by atoms with van der Waals surface area (Å²) in [5.74, 6) is 0.976. The Morgan fingerprint density at radius 2 is 1.24 bits per heavy atom. The fourth-order valence-corrected chi connectivity index (χ4v) is 5.73. The molecular formula is C23H38N2O4. The van der Waals surface area contributed by atoms with Crippen molar-refractivity contribution in [2.24, 2.45) is 29.1 Å². The molecule has 2 amide bonds. The van der Waals surface area contributed by atoms with Crippen molar-refractivity contribution < 1.29 is 19.1 Å². The quantitative estimate of drug-likeness (QED) is 0.664. The van der Waals surface area contributed by atoms with Gasteiger partial charge in [0.25, 0.3) is 0 Å². The lowest BCUT2D eigenvalue weighted by Gasteiger charge is -2.32. The highest BCUT2D eigenvalue weighted by molar-refractivity contribution is 5.80. The van der Waals surface area contributed by atoms with Crippen LogP contribution in [0.3, 0.4) is 0 Å². The molecule has 0 bridgehead atoms. The van der Waals surface area contributed by atoms with E-state index in [0.29, 0.717) is 24.9 Å². The highest BCUT2D eigenvalue weighted by atomic mass is 16.6. The van der Waals surface area contributed by atoms with Crippen LogP contribution in [-0.4, -0.2) is 48.3 Å². The van der Waals surface area contributed by atoms with Gasteiger partial charge in [-0.15, -0.1) is 0 Å². The van der Waals surface area contributed by atoms with Crippen LogP contribution in [-0.2, 0) is 19.1 Å². The molecule has 0 aromatic rings. The van der Waals surface area contributed by atoms with Crippen molar-refractivity contribution >= 4 is 11.8 Å². The van der Waals surface area contributed by atoms with Crippen molar-refractivity contribution in [3.8, 4) is 0 Å². The Balaban J connectivity index is 1.22. The highest BCUT2D eigenvalue weighted by Crippen LogP contribution is 2.52. The van der Waals surface area contributed by atoms with E-state index in [2.05, 4.69) is 52.2 Å². The maximum absolute atomic E-state index is 12.8. The standard InChI is InChI=1S/C23H38N2O4/c1-13-9-22(5)17(28-22)7-15(13)19(26)24-11-21(3,4)12-25-20(27)16-8-18-23(6,29-18)10-14(16)2/h13-18H,7-12H2,1-6H3,(H,24,26)(H,25,27). The third-order valence-electron chi connectivity index (χ3n) is 7.99. The van der Waals surface area contributed by atoms with Gasteiger partial charge >= 0.3 is 0 Å². The number of amides is 2. The molecule has 0 spiro atoms. The lowest BCUT2D eigenvalue weighted by Crippen LogP contribution is -2.47. The Kier molecular flexibility index (Phi) is 5.05. The summed E-state index contributed by atoms with van der Waals surface area (Å²) in [5, 5.41) is 6.28. The van der Waals surface area contributed by atoms with Crippen molar-refractivity contribution in [1.82, 2.24) is 10.6 Å². The molecule has 6 nitrogen and oxygen atoms in total. The Morgan fingerprint density at radius 1 is 0.862 bits per heavy atom. The normalized spacial score (nSPS) is 45.6. The summed E-state index contributed by atoms with van der Waals surface area (Å²) < 4.78 is 11.5. The smallest absolute Gasteiger partial charge is 0.223 e. The number of hydrogen-bond acceptors (Lipinski definition) is 4. The Labute approximate surface area is 174 Å². The minimum absolute atomic E-state index is 0.0128. The van der Waals surface area contributed by atoms with E-state index < -0.39 is 0 Å². The summed E-state index contributed by atoms with van der Waals surface area (Å²) in [4.78, 5) is 25.5. The van der Waals surface area contributed by atoms with E-state index in [1.807, 2.05) is 0 Å². The Bertz CT molecular complexity index is 638. The van der Waals surface area contributed by atoms with Gasteiger partial charge < -0.3 is 20.1 Å². The minimum atomic E-state index is -0.198. The summed E-state index contributed by atoms with van der Waals surface area (Å²) in [7, 11) is 0. The van der Waals surface area contributed by atoms with Crippen molar-refractivity contribution in [3.05, 3.63) is 0 Å². The van der Waals surface area contributed by atoms with Crippen LogP contribution in [0.2, 0.25) is 0 Å².